The number of benzene rings is 2. The number of nitrogens with zero attached hydrogens (tertiary/aromatic N) is 1. The van der Waals surface area contributed by atoms with Crippen molar-refractivity contribution in [3.05, 3.63) is 61.7 Å². The fourth-order valence-corrected chi connectivity index (χ4v) is 3.36. The molecule has 0 aliphatic heterocycles. The second-order valence-corrected chi connectivity index (χ2v) is 7.78. The van der Waals surface area contributed by atoms with Crippen LogP contribution in [0, 0.1) is 14.9 Å². The minimum Gasteiger partial charge on any atom is -0.493 e. The molecule has 28 heavy (non-hydrogen) atoms. The highest BCUT2D eigenvalue weighted by atomic mass is 127. The molecule has 0 heterocycles. The van der Waals surface area contributed by atoms with Gasteiger partial charge in [-0.15, -0.1) is 0 Å². The minimum atomic E-state index is -0.412. The molecule has 0 fully saturated rings. The Kier molecular flexibility index (Phi) is 8.15. The zero-order valence-electron chi connectivity index (χ0n) is 15.8. The number of halogens is 2. The van der Waals surface area contributed by atoms with E-state index in [9.17, 15) is 10.1 Å². The number of carbonyl (C=O) groups excluding carboxylic acids is 1. The third kappa shape index (κ3) is 5.88. The summed E-state index contributed by atoms with van der Waals surface area (Å²) >= 11 is 8.31. The molecule has 0 atom stereocenters. The Labute approximate surface area is 183 Å². The van der Waals surface area contributed by atoms with Gasteiger partial charge >= 0.3 is 0 Å². The van der Waals surface area contributed by atoms with Gasteiger partial charge < -0.3 is 14.8 Å². The van der Waals surface area contributed by atoms with Crippen LogP contribution in [0.5, 0.6) is 11.5 Å². The average Bonchev–Trinajstić information content (AvgIpc) is 2.65. The number of hydrogen-bond acceptors (Lipinski definition) is 4. The Morgan fingerprint density at radius 3 is 2.68 bits per heavy atom. The lowest BCUT2D eigenvalue weighted by molar-refractivity contribution is -0.117. The van der Waals surface area contributed by atoms with Crippen molar-refractivity contribution in [3.8, 4) is 17.6 Å². The number of hydrogen-bond donors (Lipinski definition) is 1. The van der Waals surface area contributed by atoms with Crippen LogP contribution < -0.4 is 14.8 Å². The summed E-state index contributed by atoms with van der Waals surface area (Å²) in [4.78, 5) is 12.1. The van der Waals surface area contributed by atoms with Gasteiger partial charge in [-0.2, -0.15) is 5.26 Å². The fourth-order valence-electron chi connectivity index (χ4n) is 2.38. The summed E-state index contributed by atoms with van der Waals surface area (Å²) in [5.74, 6) is 0.669. The van der Waals surface area contributed by atoms with Crippen molar-refractivity contribution in [1.82, 2.24) is 5.32 Å². The molecule has 0 radical (unpaired) electrons. The first-order chi connectivity index (χ1) is 13.3. The Bertz CT molecular complexity index is 936. The van der Waals surface area contributed by atoms with E-state index in [1.807, 2.05) is 50.2 Å². The Morgan fingerprint density at radius 1 is 1.36 bits per heavy atom. The van der Waals surface area contributed by atoms with E-state index in [4.69, 9.17) is 21.1 Å². The van der Waals surface area contributed by atoms with Crippen LogP contribution >= 0.6 is 34.2 Å². The van der Waals surface area contributed by atoms with Crippen molar-refractivity contribution in [2.45, 2.75) is 26.5 Å². The standard InChI is InChI=1S/C21H20ClIN2O3/c1-13(2)25-21(26)16(11-24)8-14-9-18(23)20(19(10-14)27-3)28-12-15-6-4-5-7-17(15)22/h4-10,13H,12H2,1-3H3,(H,25,26)/b16-8-. The van der Waals surface area contributed by atoms with E-state index in [0.29, 0.717) is 28.7 Å². The fraction of sp³-hybridized carbons (Fsp3) is 0.238. The molecule has 0 bridgehead atoms. The number of amides is 1. The van der Waals surface area contributed by atoms with Gasteiger partial charge in [-0.25, -0.2) is 0 Å². The van der Waals surface area contributed by atoms with Crippen LogP contribution in [0.2, 0.25) is 5.02 Å². The van der Waals surface area contributed by atoms with Crippen LogP contribution in [0.4, 0.5) is 0 Å². The molecule has 7 heteroatoms. The first-order valence-corrected chi connectivity index (χ1v) is 9.97. The Hall–Kier alpha value is -2.24. The molecule has 1 amide bonds. The number of ether oxygens (including phenoxy) is 2. The lowest BCUT2D eigenvalue weighted by atomic mass is 10.1. The predicted molar refractivity (Wildman–Crippen MR) is 118 cm³/mol. The number of nitrogens with one attached hydrogen (secondary N) is 1. The summed E-state index contributed by atoms with van der Waals surface area (Å²) in [7, 11) is 1.54. The maximum Gasteiger partial charge on any atom is 0.262 e. The van der Waals surface area contributed by atoms with E-state index in [0.717, 1.165) is 9.13 Å². The van der Waals surface area contributed by atoms with E-state index in [-0.39, 0.29) is 11.6 Å². The van der Waals surface area contributed by atoms with Crippen LogP contribution in [-0.4, -0.2) is 19.1 Å². The van der Waals surface area contributed by atoms with Crippen molar-refractivity contribution >= 4 is 46.2 Å². The van der Waals surface area contributed by atoms with Crippen LogP contribution in [0.25, 0.3) is 6.08 Å². The highest BCUT2D eigenvalue weighted by Gasteiger charge is 2.15. The summed E-state index contributed by atoms with van der Waals surface area (Å²) in [5.41, 5.74) is 1.56. The summed E-state index contributed by atoms with van der Waals surface area (Å²) in [6, 6.07) is 12.9. The molecule has 0 saturated carbocycles. The quantitative estimate of drug-likeness (QED) is 0.325. The van der Waals surface area contributed by atoms with Crippen molar-refractivity contribution in [2.75, 3.05) is 7.11 Å². The van der Waals surface area contributed by atoms with Crippen molar-refractivity contribution in [3.63, 3.8) is 0 Å². The zero-order valence-corrected chi connectivity index (χ0v) is 18.7. The number of carbonyl (C=O) groups is 1. The van der Waals surface area contributed by atoms with E-state index in [1.165, 1.54) is 13.2 Å². The van der Waals surface area contributed by atoms with Gasteiger partial charge in [0.15, 0.2) is 11.5 Å². The minimum absolute atomic E-state index is 0.0243. The molecule has 2 rings (SSSR count). The maximum atomic E-state index is 12.1. The normalized spacial score (nSPS) is 11.1. The molecule has 0 saturated heterocycles. The molecule has 0 aliphatic rings. The van der Waals surface area contributed by atoms with Crippen molar-refractivity contribution in [2.24, 2.45) is 0 Å². The largest absolute Gasteiger partial charge is 0.493 e. The third-order valence-electron chi connectivity index (χ3n) is 3.68. The predicted octanol–water partition coefficient (Wildman–Crippen LogP) is 4.96. The van der Waals surface area contributed by atoms with Crippen LogP contribution in [-0.2, 0) is 11.4 Å². The molecule has 0 aliphatic carbocycles. The van der Waals surface area contributed by atoms with Crippen molar-refractivity contribution in [1.29, 1.82) is 5.26 Å². The molecule has 0 unspecified atom stereocenters. The van der Waals surface area contributed by atoms with Gasteiger partial charge in [-0.1, -0.05) is 29.8 Å². The highest BCUT2D eigenvalue weighted by Crippen LogP contribution is 2.35. The van der Waals surface area contributed by atoms with Crippen molar-refractivity contribution < 1.29 is 14.3 Å². The van der Waals surface area contributed by atoms with Gasteiger partial charge in [0.25, 0.3) is 5.91 Å². The first-order valence-electron chi connectivity index (χ1n) is 8.52. The summed E-state index contributed by atoms with van der Waals surface area (Å²) in [6.07, 6.45) is 1.53. The molecule has 1 N–H and O–H groups in total. The van der Waals surface area contributed by atoms with Gasteiger partial charge in [0, 0.05) is 16.6 Å². The second-order valence-electron chi connectivity index (χ2n) is 6.21. The zero-order chi connectivity index (χ0) is 20.7. The summed E-state index contributed by atoms with van der Waals surface area (Å²) in [6.45, 7) is 3.97. The second kappa shape index (κ2) is 10.3. The third-order valence-corrected chi connectivity index (χ3v) is 4.85. The summed E-state index contributed by atoms with van der Waals surface area (Å²) < 4.78 is 12.2. The number of nitriles is 1. The summed E-state index contributed by atoms with van der Waals surface area (Å²) in [5, 5.41) is 12.7. The molecular formula is C21H20ClIN2O3. The smallest absolute Gasteiger partial charge is 0.262 e. The van der Waals surface area contributed by atoms with Gasteiger partial charge in [0.05, 0.1) is 10.7 Å². The lowest BCUT2D eigenvalue weighted by Crippen LogP contribution is -2.30. The molecule has 146 valence electrons. The molecular weight excluding hydrogens is 491 g/mol. The van der Waals surface area contributed by atoms with Gasteiger partial charge in [0.1, 0.15) is 18.2 Å². The SMILES string of the molecule is COc1cc(/C=C(/C#N)C(=O)NC(C)C)cc(I)c1OCc1ccccc1Cl. The molecule has 2 aromatic rings. The topological polar surface area (TPSA) is 71.3 Å². The van der Waals surface area contributed by atoms with E-state index in [1.54, 1.807) is 6.07 Å². The van der Waals surface area contributed by atoms with Crippen LogP contribution in [0.15, 0.2) is 42.0 Å². The molecule has 0 aromatic heterocycles. The van der Waals surface area contributed by atoms with E-state index in [2.05, 4.69) is 27.9 Å². The van der Waals surface area contributed by atoms with Crippen LogP contribution in [0.3, 0.4) is 0 Å². The monoisotopic (exact) mass is 510 g/mol. The lowest BCUT2D eigenvalue weighted by Gasteiger charge is -2.14. The van der Waals surface area contributed by atoms with Crippen LogP contribution in [0.1, 0.15) is 25.0 Å². The molecule has 2 aromatic carbocycles. The van der Waals surface area contributed by atoms with E-state index < -0.39 is 5.91 Å². The molecule has 5 nitrogen and oxygen atoms in total. The average molecular weight is 511 g/mol. The number of rotatable bonds is 7. The maximum absolute atomic E-state index is 12.1. The Balaban J connectivity index is 2.30. The van der Waals surface area contributed by atoms with Gasteiger partial charge in [-0.05, 0) is 66.3 Å². The highest BCUT2D eigenvalue weighted by molar-refractivity contribution is 14.1. The first kappa shape index (κ1) is 22.1. The van der Waals surface area contributed by atoms with Gasteiger partial charge in [-0.3, -0.25) is 4.79 Å². The van der Waals surface area contributed by atoms with E-state index >= 15 is 0 Å². The Morgan fingerprint density at radius 2 is 2.07 bits per heavy atom. The number of methoxy groups -OCH3 is 1. The van der Waals surface area contributed by atoms with Gasteiger partial charge in [0.2, 0.25) is 0 Å². The molecule has 0 spiro atoms.